The maximum absolute atomic E-state index is 12.0. The molecule has 0 aliphatic heterocycles. The lowest BCUT2D eigenvalue weighted by molar-refractivity contribution is 0.0952. The number of thioether (sulfide) groups is 1. The maximum atomic E-state index is 12.0. The van der Waals surface area contributed by atoms with E-state index in [0.717, 1.165) is 6.54 Å². The SMILES string of the molecule is CSC1(CNC(=O)c2cccc(N)c2Br)CC1. The second kappa shape index (κ2) is 4.90. The van der Waals surface area contributed by atoms with Gasteiger partial charge in [0.05, 0.1) is 10.0 Å². The number of carbonyl (C=O) groups excluding carboxylic acids is 1. The van der Waals surface area contributed by atoms with Crippen LogP contribution < -0.4 is 11.1 Å². The van der Waals surface area contributed by atoms with E-state index < -0.39 is 0 Å². The molecule has 1 fully saturated rings. The van der Waals surface area contributed by atoms with Crippen LogP contribution in [0.5, 0.6) is 0 Å². The fraction of sp³-hybridized carbons (Fsp3) is 0.417. The number of nitrogens with two attached hydrogens (primary N) is 1. The Morgan fingerprint density at radius 2 is 2.29 bits per heavy atom. The number of rotatable bonds is 4. The molecule has 17 heavy (non-hydrogen) atoms. The summed E-state index contributed by atoms with van der Waals surface area (Å²) in [5, 5.41) is 2.98. The second-order valence-electron chi connectivity index (χ2n) is 4.28. The molecule has 0 heterocycles. The molecule has 0 saturated heterocycles. The van der Waals surface area contributed by atoms with Gasteiger partial charge in [0.1, 0.15) is 0 Å². The highest BCUT2D eigenvalue weighted by Gasteiger charge is 2.42. The molecule has 0 spiro atoms. The number of hydrogen-bond donors (Lipinski definition) is 2. The predicted molar refractivity (Wildman–Crippen MR) is 76.4 cm³/mol. The van der Waals surface area contributed by atoms with Gasteiger partial charge in [-0.1, -0.05) is 6.07 Å². The molecule has 1 aromatic carbocycles. The summed E-state index contributed by atoms with van der Waals surface area (Å²) in [5.41, 5.74) is 6.93. The number of nitrogen functional groups attached to an aromatic ring is 1. The zero-order valence-corrected chi connectivity index (χ0v) is 12.0. The van der Waals surface area contributed by atoms with Crippen LogP contribution in [-0.4, -0.2) is 23.5 Å². The van der Waals surface area contributed by atoms with Crippen LogP contribution in [-0.2, 0) is 0 Å². The van der Waals surface area contributed by atoms with Crippen LogP contribution in [0.1, 0.15) is 23.2 Å². The van der Waals surface area contributed by atoms with Crippen molar-refractivity contribution in [1.82, 2.24) is 5.32 Å². The van der Waals surface area contributed by atoms with E-state index in [1.54, 1.807) is 18.2 Å². The van der Waals surface area contributed by atoms with E-state index in [1.807, 2.05) is 11.8 Å². The number of nitrogens with one attached hydrogen (secondary N) is 1. The molecule has 3 N–H and O–H groups in total. The Bertz CT molecular complexity index is 446. The summed E-state index contributed by atoms with van der Waals surface area (Å²) in [6.45, 7) is 0.730. The number of amides is 1. The Labute approximate surface area is 114 Å². The largest absolute Gasteiger partial charge is 0.398 e. The molecular weight excluding hydrogens is 300 g/mol. The smallest absolute Gasteiger partial charge is 0.252 e. The molecule has 1 amide bonds. The van der Waals surface area contributed by atoms with E-state index in [0.29, 0.717) is 15.7 Å². The first-order valence-corrected chi connectivity index (χ1v) is 7.47. The second-order valence-corrected chi connectivity index (χ2v) is 6.35. The Kier molecular flexibility index (Phi) is 3.68. The molecule has 2 rings (SSSR count). The maximum Gasteiger partial charge on any atom is 0.252 e. The van der Waals surface area contributed by atoms with Crippen LogP contribution in [0.3, 0.4) is 0 Å². The third-order valence-electron chi connectivity index (χ3n) is 3.09. The minimum Gasteiger partial charge on any atom is -0.398 e. The van der Waals surface area contributed by atoms with Gasteiger partial charge in [-0.15, -0.1) is 0 Å². The molecule has 1 aromatic rings. The van der Waals surface area contributed by atoms with Crippen molar-refractivity contribution in [2.24, 2.45) is 0 Å². The van der Waals surface area contributed by atoms with Crippen LogP contribution in [0.2, 0.25) is 0 Å². The fourth-order valence-electron chi connectivity index (χ4n) is 1.65. The van der Waals surface area contributed by atoms with Gasteiger partial charge in [-0.2, -0.15) is 11.8 Å². The zero-order chi connectivity index (χ0) is 12.5. The highest BCUT2D eigenvalue weighted by atomic mass is 79.9. The Morgan fingerprint density at radius 1 is 1.59 bits per heavy atom. The van der Waals surface area contributed by atoms with Gasteiger partial charge in [-0.25, -0.2) is 0 Å². The molecule has 0 atom stereocenters. The Hall–Kier alpha value is -0.680. The van der Waals surface area contributed by atoms with Crippen LogP contribution in [0.15, 0.2) is 22.7 Å². The average molecular weight is 315 g/mol. The van der Waals surface area contributed by atoms with Crippen LogP contribution in [0.4, 0.5) is 5.69 Å². The molecule has 1 saturated carbocycles. The monoisotopic (exact) mass is 314 g/mol. The molecule has 5 heteroatoms. The molecule has 1 aliphatic rings. The molecule has 0 unspecified atom stereocenters. The average Bonchev–Trinajstić information content (AvgIpc) is 3.10. The van der Waals surface area contributed by atoms with Crippen LogP contribution in [0.25, 0.3) is 0 Å². The van der Waals surface area contributed by atoms with Gasteiger partial charge in [0.15, 0.2) is 0 Å². The van der Waals surface area contributed by atoms with Crippen molar-refractivity contribution in [3.05, 3.63) is 28.2 Å². The normalized spacial score (nSPS) is 16.6. The molecule has 1 aliphatic carbocycles. The summed E-state index contributed by atoms with van der Waals surface area (Å²) in [5.74, 6) is -0.0653. The zero-order valence-electron chi connectivity index (χ0n) is 9.63. The van der Waals surface area contributed by atoms with Crippen molar-refractivity contribution < 1.29 is 4.79 Å². The van der Waals surface area contributed by atoms with Crippen molar-refractivity contribution in [3.8, 4) is 0 Å². The van der Waals surface area contributed by atoms with Gasteiger partial charge in [0.2, 0.25) is 0 Å². The minimum absolute atomic E-state index is 0.0653. The van der Waals surface area contributed by atoms with E-state index in [9.17, 15) is 4.79 Å². The van der Waals surface area contributed by atoms with E-state index >= 15 is 0 Å². The summed E-state index contributed by atoms with van der Waals surface area (Å²) in [7, 11) is 0. The Balaban J connectivity index is 2.02. The van der Waals surface area contributed by atoms with Crippen molar-refractivity contribution >= 4 is 39.3 Å². The van der Waals surface area contributed by atoms with Gasteiger partial charge in [0, 0.05) is 17.0 Å². The number of anilines is 1. The summed E-state index contributed by atoms with van der Waals surface area (Å²) < 4.78 is 0.953. The van der Waals surface area contributed by atoms with E-state index in [-0.39, 0.29) is 10.7 Å². The van der Waals surface area contributed by atoms with Crippen molar-refractivity contribution in [1.29, 1.82) is 0 Å². The highest BCUT2D eigenvalue weighted by molar-refractivity contribution is 9.10. The van der Waals surface area contributed by atoms with E-state index in [4.69, 9.17) is 5.73 Å². The molecular formula is C12H15BrN2OS. The predicted octanol–water partition coefficient (Wildman–Crippen LogP) is 2.66. The molecule has 92 valence electrons. The highest BCUT2D eigenvalue weighted by Crippen LogP contribution is 2.46. The van der Waals surface area contributed by atoms with Crippen molar-refractivity contribution in [2.75, 3.05) is 18.5 Å². The summed E-state index contributed by atoms with van der Waals surface area (Å²) in [6.07, 6.45) is 4.47. The fourth-order valence-corrected chi connectivity index (χ4v) is 2.83. The molecule has 0 bridgehead atoms. The number of benzene rings is 1. The quantitative estimate of drug-likeness (QED) is 0.840. The molecule has 0 aromatic heterocycles. The van der Waals surface area contributed by atoms with Crippen molar-refractivity contribution in [2.45, 2.75) is 17.6 Å². The lowest BCUT2D eigenvalue weighted by Gasteiger charge is -2.14. The lowest BCUT2D eigenvalue weighted by Crippen LogP contribution is -2.31. The van der Waals surface area contributed by atoms with Crippen LogP contribution >= 0.6 is 27.7 Å². The molecule has 3 nitrogen and oxygen atoms in total. The number of hydrogen-bond acceptors (Lipinski definition) is 3. The first kappa shape index (κ1) is 12.8. The third kappa shape index (κ3) is 2.77. The third-order valence-corrected chi connectivity index (χ3v) is 5.39. The lowest BCUT2D eigenvalue weighted by atomic mass is 10.2. The van der Waals surface area contributed by atoms with E-state index in [2.05, 4.69) is 27.5 Å². The van der Waals surface area contributed by atoms with Gasteiger partial charge in [-0.05, 0) is 47.2 Å². The summed E-state index contributed by atoms with van der Waals surface area (Å²) in [4.78, 5) is 12.0. The Morgan fingerprint density at radius 3 is 2.88 bits per heavy atom. The van der Waals surface area contributed by atoms with Gasteiger partial charge < -0.3 is 11.1 Å². The first-order chi connectivity index (χ1) is 8.08. The van der Waals surface area contributed by atoms with E-state index in [1.165, 1.54) is 12.8 Å². The van der Waals surface area contributed by atoms with Gasteiger partial charge in [-0.3, -0.25) is 4.79 Å². The van der Waals surface area contributed by atoms with Crippen LogP contribution in [0, 0.1) is 0 Å². The number of carbonyl (C=O) groups is 1. The summed E-state index contributed by atoms with van der Waals surface area (Å²) >= 11 is 5.17. The molecule has 0 radical (unpaired) electrons. The van der Waals surface area contributed by atoms with Gasteiger partial charge in [0.25, 0.3) is 5.91 Å². The topological polar surface area (TPSA) is 55.1 Å². The number of halogens is 1. The van der Waals surface area contributed by atoms with Gasteiger partial charge >= 0.3 is 0 Å². The minimum atomic E-state index is -0.0653. The standard InChI is InChI=1S/C12H15BrN2OS/c1-17-12(5-6-12)7-15-11(16)8-3-2-4-9(14)10(8)13/h2-4H,5-7,14H2,1H3,(H,15,16). The summed E-state index contributed by atoms with van der Waals surface area (Å²) in [6, 6.07) is 5.33. The van der Waals surface area contributed by atoms with Crippen molar-refractivity contribution in [3.63, 3.8) is 0 Å². The first-order valence-electron chi connectivity index (χ1n) is 5.45.